The Morgan fingerprint density at radius 1 is 1.47 bits per heavy atom. The van der Waals surface area contributed by atoms with E-state index >= 15 is 0 Å². The summed E-state index contributed by atoms with van der Waals surface area (Å²) in [5.74, 6) is 0.215. The van der Waals surface area contributed by atoms with Gasteiger partial charge >= 0.3 is 0 Å². The molecule has 0 aliphatic carbocycles. The highest BCUT2D eigenvalue weighted by Crippen LogP contribution is 2.19. The fourth-order valence-electron chi connectivity index (χ4n) is 2.33. The number of Topliss-reactive ketones (excluding diaryl/α,β-unsaturated/α-hetero) is 1. The Labute approximate surface area is 117 Å². The number of amides is 1. The minimum Gasteiger partial charge on any atom is -0.332 e. The lowest BCUT2D eigenvalue weighted by atomic mass is 10.1. The van der Waals surface area contributed by atoms with E-state index < -0.39 is 0 Å². The molecule has 19 heavy (non-hydrogen) atoms. The first-order chi connectivity index (χ1) is 9.11. The van der Waals surface area contributed by atoms with Gasteiger partial charge in [-0.15, -0.1) is 11.3 Å². The van der Waals surface area contributed by atoms with Gasteiger partial charge in [0.05, 0.1) is 17.3 Å². The van der Waals surface area contributed by atoms with Gasteiger partial charge in [-0.05, 0) is 30.4 Å². The smallest absolute Gasteiger partial charge is 0.227 e. The molecule has 2 rings (SSSR count). The van der Waals surface area contributed by atoms with Crippen LogP contribution in [0.5, 0.6) is 0 Å². The van der Waals surface area contributed by atoms with Crippen LogP contribution in [0.1, 0.15) is 41.9 Å². The first kappa shape index (κ1) is 14.0. The van der Waals surface area contributed by atoms with Gasteiger partial charge in [0, 0.05) is 6.54 Å². The number of hydrogen-bond donors (Lipinski definition) is 0. The Bertz CT molecular complexity index is 504. The van der Waals surface area contributed by atoms with Gasteiger partial charge in [0.15, 0.2) is 5.78 Å². The van der Waals surface area contributed by atoms with E-state index in [9.17, 15) is 9.59 Å². The molecule has 1 amide bonds. The van der Waals surface area contributed by atoms with E-state index in [0.717, 1.165) is 23.3 Å². The van der Waals surface area contributed by atoms with Crippen LogP contribution in [0.15, 0.2) is 23.6 Å². The zero-order chi connectivity index (χ0) is 13.8. The molecular weight excluding hydrogens is 258 g/mol. The van der Waals surface area contributed by atoms with Gasteiger partial charge in [-0.25, -0.2) is 0 Å². The summed E-state index contributed by atoms with van der Waals surface area (Å²) in [4.78, 5) is 26.2. The second-order valence-corrected chi connectivity index (χ2v) is 5.79. The van der Waals surface area contributed by atoms with Crippen LogP contribution in [0.2, 0.25) is 0 Å². The van der Waals surface area contributed by atoms with Crippen molar-refractivity contribution in [1.82, 2.24) is 4.90 Å². The summed E-state index contributed by atoms with van der Waals surface area (Å²) >= 11 is 1.42. The average Bonchev–Trinajstić information content (AvgIpc) is 2.98. The van der Waals surface area contributed by atoms with Crippen molar-refractivity contribution < 1.29 is 9.59 Å². The molecule has 2 heterocycles. The number of ketones is 1. The molecule has 0 N–H and O–H groups in total. The predicted molar refractivity (Wildman–Crippen MR) is 77.6 cm³/mol. The molecule has 0 spiro atoms. The molecule has 0 saturated carbocycles. The Balaban J connectivity index is 1.98. The molecule has 1 aliphatic heterocycles. The van der Waals surface area contributed by atoms with E-state index in [0.29, 0.717) is 13.0 Å². The van der Waals surface area contributed by atoms with Crippen molar-refractivity contribution in [2.45, 2.75) is 39.2 Å². The van der Waals surface area contributed by atoms with Crippen LogP contribution in [-0.4, -0.2) is 29.2 Å². The highest BCUT2D eigenvalue weighted by Gasteiger charge is 2.24. The number of nitrogens with zero attached hydrogens (tertiary/aromatic N) is 1. The van der Waals surface area contributed by atoms with Gasteiger partial charge in [0.25, 0.3) is 0 Å². The topological polar surface area (TPSA) is 37.4 Å². The molecule has 1 aromatic heterocycles. The standard InChI is InChI=1S/C15H19NO2S/c1-3-5-13-6-4-7-16(13)15(18)9-12-8-14(11(2)17)19-10-12/h4,6,8,10,13H,3,5,7,9H2,1-2H3/t13-/m1/s1. The summed E-state index contributed by atoms with van der Waals surface area (Å²) in [6, 6.07) is 2.09. The van der Waals surface area contributed by atoms with Crippen LogP contribution in [0.3, 0.4) is 0 Å². The number of hydrogen-bond acceptors (Lipinski definition) is 3. The van der Waals surface area contributed by atoms with Gasteiger partial charge in [0.2, 0.25) is 5.91 Å². The van der Waals surface area contributed by atoms with Crippen molar-refractivity contribution in [3.8, 4) is 0 Å². The maximum absolute atomic E-state index is 12.3. The summed E-state index contributed by atoms with van der Waals surface area (Å²) in [6.45, 7) is 4.40. The molecule has 1 aliphatic rings. The Hall–Kier alpha value is -1.42. The lowest BCUT2D eigenvalue weighted by Crippen LogP contribution is -2.36. The monoisotopic (exact) mass is 277 g/mol. The third kappa shape index (κ3) is 3.32. The highest BCUT2D eigenvalue weighted by molar-refractivity contribution is 7.12. The quantitative estimate of drug-likeness (QED) is 0.613. The number of carbonyl (C=O) groups excluding carboxylic acids is 2. The van der Waals surface area contributed by atoms with Crippen LogP contribution in [-0.2, 0) is 11.2 Å². The number of carbonyl (C=O) groups is 2. The largest absolute Gasteiger partial charge is 0.332 e. The minimum atomic E-state index is 0.0652. The van der Waals surface area contributed by atoms with Gasteiger partial charge < -0.3 is 4.90 Å². The zero-order valence-electron chi connectivity index (χ0n) is 11.4. The number of thiophene rings is 1. The maximum atomic E-state index is 12.3. The summed E-state index contributed by atoms with van der Waals surface area (Å²) < 4.78 is 0. The average molecular weight is 277 g/mol. The zero-order valence-corrected chi connectivity index (χ0v) is 12.2. The van der Waals surface area contributed by atoms with E-state index in [1.807, 2.05) is 16.3 Å². The van der Waals surface area contributed by atoms with Crippen molar-refractivity contribution in [2.75, 3.05) is 6.54 Å². The van der Waals surface area contributed by atoms with Crippen LogP contribution in [0.25, 0.3) is 0 Å². The molecule has 0 fully saturated rings. The summed E-state index contributed by atoms with van der Waals surface area (Å²) in [5, 5.41) is 1.91. The van der Waals surface area contributed by atoms with E-state index in [1.54, 1.807) is 6.92 Å². The van der Waals surface area contributed by atoms with Crippen molar-refractivity contribution in [3.05, 3.63) is 34.0 Å². The van der Waals surface area contributed by atoms with Crippen molar-refractivity contribution in [1.29, 1.82) is 0 Å². The van der Waals surface area contributed by atoms with Crippen LogP contribution >= 0.6 is 11.3 Å². The Kier molecular flexibility index (Phi) is 4.53. The molecule has 0 saturated heterocycles. The van der Waals surface area contributed by atoms with E-state index in [1.165, 1.54) is 11.3 Å². The number of rotatable bonds is 5. The van der Waals surface area contributed by atoms with Crippen molar-refractivity contribution in [3.63, 3.8) is 0 Å². The molecule has 102 valence electrons. The van der Waals surface area contributed by atoms with Gasteiger partial charge in [-0.2, -0.15) is 0 Å². The maximum Gasteiger partial charge on any atom is 0.227 e. The fourth-order valence-corrected chi connectivity index (χ4v) is 3.15. The first-order valence-electron chi connectivity index (χ1n) is 6.66. The third-order valence-electron chi connectivity index (χ3n) is 3.32. The first-order valence-corrected chi connectivity index (χ1v) is 7.54. The lowest BCUT2D eigenvalue weighted by molar-refractivity contribution is -0.130. The summed E-state index contributed by atoms with van der Waals surface area (Å²) in [6.07, 6.45) is 6.67. The summed E-state index contributed by atoms with van der Waals surface area (Å²) in [5.41, 5.74) is 0.947. The van der Waals surface area contributed by atoms with Gasteiger partial charge in [0.1, 0.15) is 0 Å². The summed E-state index contributed by atoms with van der Waals surface area (Å²) in [7, 11) is 0. The van der Waals surface area contributed by atoms with Crippen LogP contribution < -0.4 is 0 Å². The fraction of sp³-hybridized carbons (Fsp3) is 0.467. The second-order valence-electron chi connectivity index (χ2n) is 4.88. The normalized spacial score (nSPS) is 18.0. The van der Waals surface area contributed by atoms with Gasteiger partial charge in [-0.1, -0.05) is 25.5 Å². The molecule has 1 atom stereocenters. The molecular formula is C15H19NO2S. The highest BCUT2D eigenvalue weighted by atomic mass is 32.1. The SMILES string of the molecule is CCC[C@@H]1C=CCN1C(=O)Cc1csc(C(C)=O)c1. The Morgan fingerprint density at radius 2 is 2.26 bits per heavy atom. The van der Waals surface area contributed by atoms with E-state index in [-0.39, 0.29) is 17.7 Å². The Morgan fingerprint density at radius 3 is 2.89 bits per heavy atom. The van der Waals surface area contributed by atoms with E-state index in [4.69, 9.17) is 0 Å². The van der Waals surface area contributed by atoms with Crippen LogP contribution in [0.4, 0.5) is 0 Å². The van der Waals surface area contributed by atoms with Crippen molar-refractivity contribution in [2.24, 2.45) is 0 Å². The molecule has 0 bridgehead atoms. The van der Waals surface area contributed by atoms with Crippen LogP contribution in [0, 0.1) is 0 Å². The van der Waals surface area contributed by atoms with Gasteiger partial charge in [-0.3, -0.25) is 9.59 Å². The second kappa shape index (κ2) is 6.15. The molecule has 0 aromatic carbocycles. The van der Waals surface area contributed by atoms with E-state index in [2.05, 4.69) is 19.1 Å². The minimum absolute atomic E-state index is 0.0652. The molecule has 1 aromatic rings. The lowest BCUT2D eigenvalue weighted by Gasteiger charge is -2.24. The molecule has 3 nitrogen and oxygen atoms in total. The predicted octanol–water partition coefficient (Wildman–Crippen LogP) is 3.06. The third-order valence-corrected chi connectivity index (χ3v) is 4.40. The molecule has 0 unspecified atom stereocenters. The molecule has 0 radical (unpaired) electrons. The molecule has 4 heteroatoms. The van der Waals surface area contributed by atoms with Crippen molar-refractivity contribution >= 4 is 23.0 Å².